The summed E-state index contributed by atoms with van der Waals surface area (Å²) in [4.78, 5) is 33.7. The molecule has 2 aromatic rings. The average Bonchev–Trinajstić information content (AvgIpc) is 3.37. The van der Waals surface area contributed by atoms with Crippen molar-refractivity contribution in [3.63, 3.8) is 0 Å². The Morgan fingerprint density at radius 2 is 2.12 bits per heavy atom. The Morgan fingerprint density at radius 3 is 2.80 bits per heavy atom. The molecule has 25 heavy (non-hydrogen) atoms. The van der Waals surface area contributed by atoms with E-state index >= 15 is 0 Å². The van der Waals surface area contributed by atoms with Crippen LogP contribution < -0.4 is 4.90 Å². The van der Waals surface area contributed by atoms with Gasteiger partial charge in [0.25, 0.3) is 5.91 Å². The molecule has 0 radical (unpaired) electrons. The van der Waals surface area contributed by atoms with Crippen LogP contribution in [0.1, 0.15) is 46.6 Å². The van der Waals surface area contributed by atoms with Gasteiger partial charge in [-0.3, -0.25) is 14.5 Å². The van der Waals surface area contributed by atoms with E-state index in [9.17, 15) is 9.59 Å². The molecule has 0 N–H and O–H groups in total. The third kappa shape index (κ3) is 2.79. The van der Waals surface area contributed by atoms with E-state index in [0.717, 1.165) is 18.4 Å². The van der Waals surface area contributed by atoms with Crippen LogP contribution in [-0.4, -0.2) is 39.4 Å². The highest BCUT2D eigenvalue weighted by Gasteiger charge is 2.36. The van der Waals surface area contributed by atoms with Crippen molar-refractivity contribution in [3.8, 4) is 0 Å². The molecule has 7 nitrogen and oxygen atoms in total. The SMILES string of the molecule is Cc1noc(C)c1C(=O)N1CCC(=O)N(C2CC2)Cc2cccnc21. The standard InChI is InChI=1S/C18H20N4O3/c1-11-16(12(2)25-20-11)18(24)21-9-7-15(23)22(14-5-6-14)10-13-4-3-8-19-17(13)21/h3-4,8,14H,5-7,9-10H2,1-2H3. The second-order valence-electron chi connectivity index (χ2n) is 6.64. The van der Waals surface area contributed by atoms with E-state index < -0.39 is 0 Å². The summed E-state index contributed by atoms with van der Waals surface area (Å²) in [5.41, 5.74) is 1.89. The van der Waals surface area contributed by atoms with E-state index in [0.29, 0.717) is 48.4 Å². The van der Waals surface area contributed by atoms with Crippen LogP contribution in [0.4, 0.5) is 5.82 Å². The first-order valence-electron chi connectivity index (χ1n) is 8.54. The fourth-order valence-corrected chi connectivity index (χ4v) is 3.37. The number of hydrogen-bond acceptors (Lipinski definition) is 5. The second-order valence-corrected chi connectivity index (χ2v) is 6.64. The number of hydrogen-bond donors (Lipinski definition) is 0. The maximum atomic E-state index is 13.1. The molecule has 0 atom stereocenters. The van der Waals surface area contributed by atoms with Crippen molar-refractivity contribution in [1.82, 2.24) is 15.0 Å². The molecule has 1 aliphatic heterocycles. The molecule has 2 amide bonds. The van der Waals surface area contributed by atoms with Gasteiger partial charge in [0.2, 0.25) is 5.91 Å². The zero-order valence-corrected chi connectivity index (χ0v) is 14.4. The minimum atomic E-state index is -0.219. The van der Waals surface area contributed by atoms with Gasteiger partial charge < -0.3 is 9.42 Å². The quantitative estimate of drug-likeness (QED) is 0.837. The normalized spacial score (nSPS) is 17.9. The number of fused-ring (bicyclic) bond motifs is 1. The van der Waals surface area contributed by atoms with E-state index in [1.54, 1.807) is 24.9 Å². The molecule has 0 bridgehead atoms. The Kier molecular flexibility index (Phi) is 3.78. The van der Waals surface area contributed by atoms with Gasteiger partial charge in [-0.15, -0.1) is 0 Å². The van der Waals surface area contributed by atoms with Gasteiger partial charge in [0.15, 0.2) is 0 Å². The number of carbonyl (C=O) groups excluding carboxylic acids is 2. The van der Waals surface area contributed by atoms with Crippen LogP contribution in [0.5, 0.6) is 0 Å². The summed E-state index contributed by atoms with van der Waals surface area (Å²) in [7, 11) is 0. The van der Waals surface area contributed by atoms with Crippen molar-refractivity contribution < 1.29 is 14.1 Å². The number of rotatable bonds is 2. The number of pyridine rings is 1. The molecule has 0 unspecified atom stereocenters. The first-order chi connectivity index (χ1) is 12.1. The van der Waals surface area contributed by atoms with E-state index in [1.165, 1.54) is 0 Å². The summed E-state index contributed by atoms with van der Waals surface area (Å²) >= 11 is 0. The van der Waals surface area contributed by atoms with Crippen LogP contribution in [0.3, 0.4) is 0 Å². The van der Waals surface area contributed by atoms with E-state index in [-0.39, 0.29) is 11.8 Å². The van der Waals surface area contributed by atoms with Gasteiger partial charge in [-0.1, -0.05) is 11.2 Å². The smallest absolute Gasteiger partial charge is 0.264 e. The molecule has 4 rings (SSSR count). The maximum Gasteiger partial charge on any atom is 0.264 e. The summed E-state index contributed by atoms with van der Waals surface area (Å²) < 4.78 is 5.14. The van der Waals surface area contributed by atoms with E-state index in [1.807, 2.05) is 17.0 Å². The highest BCUT2D eigenvalue weighted by molar-refractivity contribution is 6.07. The molecule has 2 aliphatic rings. The van der Waals surface area contributed by atoms with E-state index in [2.05, 4.69) is 10.1 Å². The number of aryl methyl sites for hydroxylation is 2. The molecule has 3 heterocycles. The van der Waals surface area contributed by atoms with Crippen LogP contribution in [0.15, 0.2) is 22.9 Å². The highest BCUT2D eigenvalue weighted by Crippen LogP contribution is 2.33. The zero-order valence-electron chi connectivity index (χ0n) is 14.4. The van der Waals surface area contributed by atoms with Crippen molar-refractivity contribution >= 4 is 17.6 Å². The van der Waals surface area contributed by atoms with Gasteiger partial charge in [-0.2, -0.15) is 0 Å². The fraction of sp³-hybridized carbons (Fsp3) is 0.444. The Bertz CT molecular complexity index is 821. The Hall–Kier alpha value is -2.70. The molecule has 130 valence electrons. The van der Waals surface area contributed by atoms with E-state index in [4.69, 9.17) is 4.52 Å². The Morgan fingerprint density at radius 1 is 1.32 bits per heavy atom. The van der Waals surface area contributed by atoms with Gasteiger partial charge in [0, 0.05) is 37.3 Å². The molecular formula is C18H20N4O3. The lowest BCUT2D eigenvalue weighted by molar-refractivity contribution is -0.132. The number of nitrogens with zero attached hydrogens (tertiary/aromatic N) is 4. The van der Waals surface area contributed by atoms with Crippen LogP contribution in [0, 0.1) is 13.8 Å². The van der Waals surface area contributed by atoms with Gasteiger partial charge in [0.05, 0.1) is 5.69 Å². The van der Waals surface area contributed by atoms with Crippen molar-refractivity contribution in [2.75, 3.05) is 11.4 Å². The summed E-state index contributed by atoms with van der Waals surface area (Å²) in [5.74, 6) is 0.969. The van der Waals surface area contributed by atoms with Crippen LogP contribution >= 0.6 is 0 Å². The van der Waals surface area contributed by atoms with Gasteiger partial charge in [-0.05, 0) is 32.8 Å². The average molecular weight is 340 g/mol. The van der Waals surface area contributed by atoms with Crippen LogP contribution in [-0.2, 0) is 11.3 Å². The number of aromatic nitrogens is 2. The van der Waals surface area contributed by atoms with Crippen molar-refractivity contribution in [2.45, 2.75) is 45.7 Å². The Balaban J connectivity index is 1.74. The third-order valence-electron chi connectivity index (χ3n) is 4.81. The molecule has 1 saturated carbocycles. The zero-order chi connectivity index (χ0) is 17.6. The molecule has 0 saturated heterocycles. The fourth-order valence-electron chi connectivity index (χ4n) is 3.37. The van der Waals surface area contributed by atoms with Gasteiger partial charge in [0.1, 0.15) is 17.1 Å². The maximum absolute atomic E-state index is 13.1. The molecule has 0 spiro atoms. The summed E-state index contributed by atoms with van der Waals surface area (Å²) in [5, 5.41) is 3.87. The second kappa shape index (κ2) is 5.98. The first kappa shape index (κ1) is 15.8. The Labute approximate surface area is 145 Å². The third-order valence-corrected chi connectivity index (χ3v) is 4.81. The molecular weight excluding hydrogens is 320 g/mol. The minimum absolute atomic E-state index is 0.0913. The number of amides is 2. The lowest BCUT2D eigenvalue weighted by atomic mass is 10.1. The van der Waals surface area contributed by atoms with Crippen molar-refractivity contribution in [3.05, 3.63) is 40.9 Å². The summed E-state index contributed by atoms with van der Waals surface area (Å²) in [6, 6.07) is 4.11. The monoisotopic (exact) mass is 340 g/mol. The molecule has 7 heteroatoms. The molecule has 2 aromatic heterocycles. The predicted molar refractivity (Wildman–Crippen MR) is 90.1 cm³/mol. The van der Waals surface area contributed by atoms with Crippen LogP contribution in [0.2, 0.25) is 0 Å². The van der Waals surface area contributed by atoms with Crippen LogP contribution in [0.25, 0.3) is 0 Å². The lowest BCUT2D eigenvalue weighted by Crippen LogP contribution is -2.42. The summed E-state index contributed by atoms with van der Waals surface area (Å²) in [6.07, 6.45) is 4.09. The minimum Gasteiger partial charge on any atom is -0.361 e. The molecule has 1 aliphatic carbocycles. The highest BCUT2D eigenvalue weighted by atomic mass is 16.5. The van der Waals surface area contributed by atoms with Crippen molar-refractivity contribution in [1.29, 1.82) is 0 Å². The largest absolute Gasteiger partial charge is 0.361 e. The van der Waals surface area contributed by atoms with Gasteiger partial charge in [-0.25, -0.2) is 4.98 Å². The number of carbonyl (C=O) groups is 2. The first-order valence-corrected chi connectivity index (χ1v) is 8.54. The lowest BCUT2D eigenvalue weighted by Gasteiger charge is -2.31. The number of anilines is 1. The molecule has 1 fully saturated rings. The summed E-state index contributed by atoms with van der Waals surface area (Å²) in [6.45, 7) is 4.26. The predicted octanol–water partition coefficient (Wildman–Crippen LogP) is 2.23. The van der Waals surface area contributed by atoms with Gasteiger partial charge >= 0.3 is 0 Å². The topological polar surface area (TPSA) is 79.5 Å². The van der Waals surface area contributed by atoms with Crippen molar-refractivity contribution in [2.24, 2.45) is 0 Å². The molecule has 0 aromatic carbocycles.